The number of benzene rings is 3. The maximum absolute atomic E-state index is 4.25. The summed E-state index contributed by atoms with van der Waals surface area (Å²) in [6.45, 7) is 23.6. The molecule has 0 aliphatic carbocycles. The Kier molecular flexibility index (Phi) is 32.5. The van der Waals surface area contributed by atoms with Crippen LogP contribution in [0.2, 0.25) is 0 Å². The molecule has 0 saturated carbocycles. The zero-order valence-electron chi connectivity index (χ0n) is 28.1. The van der Waals surface area contributed by atoms with Crippen molar-refractivity contribution in [2.24, 2.45) is 0 Å². The van der Waals surface area contributed by atoms with Gasteiger partial charge in [-0.15, -0.1) is 16.9 Å². The van der Waals surface area contributed by atoms with Gasteiger partial charge >= 0.3 is 0 Å². The Bertz CT molecular complexity index is 1220. The third kappa shape index (κ3) is 17.3. The van der Waals surface area contributed by atoms with E-state index in [1.165, 1.54) is 33.8 Å². The van der Waals surface area contributed by atoms with Crippen molar-refractivity contribution in [3.8, 4) is 0 Å². The average Bonchev–Trinajstić information content (AvgIpc) is 3.81. The van der Waals surface area contributed by atoms with Crippen LogP contribution in [0.3, 0.4) is 0 Å². The standard InChI is InChI=1S/C9H10N2.C8H6N.C8H6S.2C3H8.3C2H6.Re/c1-2-11-7-10-8-5-3-4-6-9(8)11;2*1-2-4-8-7(3-1)5-6-9-8;2*1-3-2;3*1-2;/h3-7H,2H2,1H3;2*1-6H;2*3H2,1-2H3;3*1-2H3;/q;-1;;;;;;;. The zero-order valence-corrected chi connectivity index (χ0v) is 31.6. The summed E-state index contributed by atoms with van der Waals surface area (Å²) >= 11 is 1.79. The second-order valence-electron chi connectivity index (χ2n) is 7.90. The first-order valence-electron chi connectivity index (χ1n) is 15.5. The molecule has 3 aromatic carbocycles. The van der Waals surface area contributed by atoms with Crippen molar-refractivity contribution in [2.75, 3.05) is 0 Å². The SMILES string of the molecule is CC.CC.CC.CCC.CCC.CCn1cnc2ccccc21.[Re].c1ccc2[n-]ccc2c1.c1ccc2sccc2c1. The van der Waals surface area contributed by atoms with E-state index in [9.17, 15) is 0 Å². The second-order valence-corrected chi connectivity index (χ2v) is 8.84. The van der Waals surface area contributed by atoms with Crippen molar-refractivity contribution in [1.29, 1.82) is 0 Å². The van der Waals surface area contributed by atoms with Crippen LogP contribution in [0, 0.1) is 0 Å². The normalized spacial score (nSPS) is 8.45. The molecular weight excluding hydrogens is 705 g/mol. The van der Waals surface area contributed by atoms with Crippen LogP contribution in [0.25, 0.3) is 32.0 Å². The van der Waals surface area contributed by atoms with E-state index in [1.807, 2.05) is 96.5 Å². The number of para-hydroxylation sites is 3. The predicted molar refractivity (Wildman–Crippen MR) is 190 cm³/mol. The Hall–Kier alpha value is -2.71. The number of rotatable bonds is 1. The van der Waals surface area contributed by atoms with Crippen LogP contribution < -0.4 is 4.98 Å². The van der Waals surface area contributed by atoms with E-state index in [-0.39, 0.29) is 20.4 Å². The third-order valence-corrected chi connectivity index (χ3v) is 5.53. The summed E-state index contributed by atoms with van der Waals surface area (Å²) in [7, 11) is 0. The van der Waals surface area contributed by atoms with Crippen molar-refractivity contribution in [3.63, 3.8) is 0 Å². The quantitative estimate of drug-likeness (QED) is 0.167. The van der Waals surface area contributed by atoms with E-state index in [0.29, 0.717) is 0 Å². The Morgan fingerprint density at radius 2 is 1.17 bits per heavy atom. The third-order valence-electron chi connectivity index (χ3n) is 4.63. The van der Waals surface area contributed by atoms with Crippen LogP contribution in [-0.2, 0) is 27.0 Å². The Balaban J connectivity index is -0.000000457. The molecule has 42 heavy (non-hydrogen) atoms. The molecule has 0 atom stereocenters. The van der Waals surface area contributed by atoms with E-state index in [0.717, 1.165) is 17.6 Å². The molecule has 0 bridgehead atoms. The van der Waals surface area contributed by atoms with E-state index in [1.54, 1.807) is 11.3 Å². The van der Waals surface area contributed by atoms with Crippen molar-refractivity contribution in [2.45, 2.75) is 95.5 Å². The number of imidazole rings is 1. The number of aryl methyl sites for hydroxylation is 1. The van der Waals surface area contributed by atoms with Gasteiger partial charge in [0.1, 0.15) is 0 Å². The first kappa shape index (κ1) is 43.7. The maximum Gasteiger partial charge on any atom is 0.0958 e. The summed E-state index contributed by atoms with van der Waals surface area (Å²) in [5, 5.41) is 4.69. The van der Waals surface area contributed by atoms with Crippen molar-refractivity contribution in [3.05, 3.63) is 103 Å². The summed E-state index contributed by atoms with van der Waals surface area (Å²) in [5.74, 6) is 0. The molecule has 1 radical (unpaired) electrons. The summed E-state index contributed by atoms with van der Waals surface area (Å²) < 4.78 is 3.51. The number of hydrogen-bond donors (Lipinski definition) is 0. The van der Waals surface area contributed by atoms with Gasteiger partial charge in [0, 0.05) is 31.7 Å². The second kappa shape index (κ2) is 31.2. The van der Waals surface area contributed by atoms with Crippen LogP contribution in [0.5, 0.6) is 0 Å². The van der Waals surface area contributed by atoms with Crippen LogP contribution in [0.15, 0.2) is 103 Å². The molecule has 5 heteroatoms. The molecule has 0 aliphatic rings. The fraction of sp³-hybridized carbons (Fsp3) is 0.378. The van der Waals surface area contributed by atoms with Crippen LogP contribution in [0.4, 0.5) is 0 Å². The zero-order chi connectivity index (χ0) is 31.3. The summed E-state index contributed by atoms with van der Waals surface area (Å²) in [5.41, 5.74) is 3.38. The largest absolute Gasteiger partial charge is 0.664 e. The predicted octanol–water partition coefficient (Wildman–Crippen LogP) is 12.7. The average molecular weight is 761 g/mol. The molecule has 3 heterocycles. The number of aromatic nitrogens is 3. The van der Waals surface area contributed by atoms with Crippen LogP contribution in [-0.4, -0.2) is 9.55 Å². The molecule has 0 unspecified atom stereocenters. The van der Waals surface area contributed by atoms with Crippen LogP contribution >= 0.6 is 11.3 Å². The fourth-order valence-electron chi connectivity index (χ4n) is 3.11. The monoisotopic (exact) mass is 761 g/mol. The topological polar surface area (TPSA) is 31.9 Å². The first-order chi connectivity index (χ1) is 20.2. The Morgan fingerprint density at radius 3 is 1.74 bits per heavy atom. The minimum absolute atomic E-state index is 0. The van der Waals surface area contributed by atoms with E-state index in [2.05, 4.69) is 97.0 Å². The molecule has 6 aromatic rings. The molecule has 0 saturated heterocycles. The maximum atomic E-state index is 4.25. The van der Waals surface area contributed by atoms with Crippen molar-refractivity contribution < 1.29 is 20.4 Å². The van der Waals surface area contributed by atoms with Gasteiger partial charge in [-0.25, -0.2) is 4.98 Å². The number of thiophene rings is 1. The molecule has 233 valence electrons. The first-order valence-corrected chi connectivity index (χ1v) is 16.3. The number of hydrogen-bond acceptors (Lipinski definition) is 2. The molecule has 3 nitrogen and oxygen atoms in total. The van der Waals surface area contributed by atoms with Gasteiger partial charge in [0.05, 0.1) is 17.4 Å². The molecule has 0 fully saturated rings. The van der Waals surface area contributed by atoms with Gasteiger partial charge < -0.3 is 9.55 Å². The fourth-order valence-corrected chi connectivity index (χ4v) is 3.90. The molecule has 3 aromatic heterocycles. The molecular formula is C37H56N3ReS-. The summed E-state index contributed by atoms with van der Waals surface area (Å²) in [4.78, 5) is 8.37. The Labute approximate surface area is 275 Å². The van der Waals surface area contributed by atoms with Gasteiger partial charge in [-0.2, -0.15) is 6.20 Å². The number of nitrogens with zero attached hydrogens (tertiary/aromatic N) is 3. The summed E-state index contributed by atoms with van der Waals surface area (Å²) in [6, 6.07) is 28.8. The smallest absolute Gasteiger partial charge is 0.0958 e. The van der Waals surface area contributed by atoms with Gasteiger partial charge in [-0.05, 0) is 47.3 Å². The van der Waals surface area contributed by atoms with Gasteiger partial charge in [0.25, 0.3) is 0 Å². The Morgan fingerprint density at radius 1 is 0.643 bits per heavy atom. The van der Waals surface area contributed by atoms with Gasteiger partial charge in [0.2, 0.25) is 0 Å². The van der Waals surface area contributed by atoms with Gasteiger partial charge in [-0.3, -0.25) is 0 Å². The van der Waals surface area contributed by atoms with Crippen molar-refractivity contribution >= 4 is 43.4 Å². The van der Waals surface area contributed by atoms with Gasteiger partial charge in [-0.1, -0.05) is 143 Å². The summed E-state index contributed by atoms with van der Waals surface area (Å²) in [6.07, 6.45) is 6.20. The molecule has 0 aliphatic heterocycles. The van der Waals surface area contributed by atoms with Crippen LogP contribution in [0.1, 0.15) is 89.0 Å². The molecule has 6 rings (SSSR count). The molecule has 0 spiro atoms. The van der Waals surface area contributed by atoms with E-state index < -0.39 is 0 Å². The number of fused-ring (bicyclic) bond motifs is 3. The van der Waals surface area contributed by atoms with Gasteiger partial charge in [0.15, 0.2) is 0 Å². The minimum Gasteiger partial charge on any atom is -0.664 e. The van der Waals surface area contributed by atoms with E-state index in [4.69, 9.17) is 0 Å². The molecule has 0 amide bonds. The van der Waals surface area contributed by atoms with Crippen molar-refractivity contribution in [1.82, 2.24) is 14.5 Å². The minimum atomic E-state index is 0. The molecule has 0 N–H and O–H groups in total. The van der Waals surface area contributed by atoms with E-state index >= 15 is 0 Å².